The molecule has 0 amide bonds. The van der Waals surface area contributed by atoms with Crippen LogP contribution in [-0.4, -0.2) is 27.8 Å². The Balaban J connectivity index is 2.16. The number of ether oxygens (including phenoxy) is 2. The minimum Gasteiger partial charge on any atom is -0.496 e. The average Bonchev–Trinajstić information content (AvgIpc) is 2.52. The van der Waals surface area contributed by atoms with Gasteiger partial charge < -0.3 is 9.47 Å². The van der Waals surface area contributed by atoms with Crippen LogP contribution >= 0.6 is 11.6 Å². The Morgan fingerprint density at radius 1 is 1.17 bits per heavy atom. The van der Waals surface area contributed by atoms with E-state index in [0.29, 0.717) is 16.3 Å². The van der Waals surface area contributed by atoms with Crippen molar-refractivity contribution in [2.24, 2.45) is 0 Å². The van der Waals surface area contributed by atoms with Gasteiger partial charge in [0.15, 0.2) is 9.84 Å². The lowest BCUT2D eigenvalue weighted by Gasteiger charge is -2.10. The first-order valence-corrected chi connectivity index (χ1v) is 8.88. The summed E-state index contributed by atoms with van der Waals surface area (Å²) in [7, 11) is -1.88. The third kappa shape index (κ3) is 4.46. The molecule has 2 aromatic carbocycles. The molecule has 2 aromatic rings. The molecule has 23 heavy (non-hydrogen) atoms. The lowest BCUT2D eigenvalue weighted by atomic mass is 10.2. The van der Waals surface area contributed by atoms with Crippen LogP contribution in [0.25, 0.3) is 0 Å². The minimum absolute atomic E-state index is 0.0360. The van der Waals surface area contributed by atoms with Crippen LogP contribution < -0.4 is 4.74 Å². The number of esters is 1. The van der Waals surface area contributed by atoms with Crippen LogP contribution in [0.3, 0.4) is 0 Å². The van der Waals surface area contributed by atoms with Crippen molar-refractivity contribution in [3.8, 4) is 5.75 Å². The molecule has 0 heterocycles. The van der Waals surface area contributed by atoms with Gasteiger partial charge in [-0.3, -0.25) is 0 Å². The Morgan fingerprint density at radius 2 is 1.91 bits per heavy atom. The molecule has 5 nitrogen and oxygen atoms in total. The van der Waals surface area contributed by atoms with Gasteiger partial charge in [0.05, 0.1) is 17.6 Å². The maximum absolute atomic E-state index is 12.1. The van der Waals surface area contributed by atoms with Crippen LogP contribution in [0.2, 0.25) is 5.02 Å². The standard InChI is InChI=1S/C16H15ClO5S/c1-21-15-7-6-13(17)8-12(15)10-22-16(18)11-4-3-5-14(9-11)23(2,19)20/h3-9H,10H2,1-2H3. The topological polar surface area (TPSA) is 69.7 Å². The van der Waals surface area contributed by atoms with Gasteiger partial charge in [0.1, 0.15) is 12.4 Å². The van der Waals surface area contributed by atoms with Crippen LogP contribution in [0.15, 0.2) is 47.4 Å². The molecule has 2 rings (SSSR count). The van der Waals surface area contributed by atoms with E-state index in [9.17, 15) is 13.2 Å². The number of hydrogen-bond acceptors (Lipinski definition) is 5. The highest BCUT2D eigenvalue weighted by Gasteiger charge is 2.14. The van der Waals surface area contributed by atoms with E-state index in [0.717, 1.165) is 6.26 Å². The Kier molecular flexibility index (Phi) is 5.28. The Labute approximate surface area is 139 Å². The highest BCUT2D eigenvalue weighted by Crippen LogP contribution is 2.23. The quantitative estimate of drug-likeness (QED) is 0.771. The highest BCUT2D eigenvalue weighted by molar-refractivity contribution is 7.90. The van der Waals surface area contributed by atoms with E-state index in [1.165, 1.54) is 31.4 Å². The zero-order valence-electron chi connectivity index (χ0n) is 12.6. The number of benzene rings is 2. The molecule has 0 aliphatic heterocycles. The number of methoxy groups -OCH3 is 1. The van der Waals surface area contributed by atoms with Crippen molar-refractivity contribution in [1.82, 2.24) is 0 Å². The van der Waals surface area contributed by atoms with Crippen LogP contribution in [0.5, 0.6) is 5.75 Å². The van der Waals surface area contributed by atoms with E-state index < -0.39 is 15.8 Å². The molecular weight excluding hydrogens is 340 g/mol. The molecule has 0 saturated carbocycles. The number of carbonyl (C=O) groups is 1. The van der Waals surface area contributed by atoms with Gasteiger partial charge >= 0.3 is 5.97 Å². The first kappa shape index (κ1) is 17.3. The zero-order chi connectivity index (χ0) is 17.0. The SMILES string of the molecule is COc1ccc(Cl)cc1COC(=O)c1cccc(S(C)(=O)=O)c1. The van der Waals surface area contributed by atoms with Crippen molar-refractivity contribution in [2.75, 3.05) is 13.4 Å². The van der Waals surface area contributed by atoms with Crippen LogP contribution in [0, 0.1) is 0 Å². The van der Waals surface area contributed by atoms with Gasteiger partial charge in [-0.2, -0.15) is 0 Å². The fourth-order valence-electron chi connectivity index (χ4n) is 1.94. The second kappa shape index (κ2) is 7.02. The second-order valence-corrected chi connectivity index (χ2v) is 7.28. The van der Waals surface area contributed by atoms with Crippen LogP contribution in [0.1, 0.15) is 15.9 Å². The van der Waals surface area contributed by atoms with Crippen molar-refractivity contribution in [3.05, 3.63) is 58.6 Å². The second-order valence-electron chi connectivity index (χ2n) is 4.83. The molecule has 0 N–H and O–H groups in total. The summed E-state index contributed by atoms with van der Waals surface area (Å²) < 4.78 is 33.4. The van der Waals surface area contributed by atoms with Crippen LogP contribution in [0.4, 0.5) is 0 Å². The Bertz CT molecular complexity index is 830. The van der Waals surface area contributed by atoms with Gasteiger partial charge in [-0.1, -0.05) is 17.7 Å². The van der Waals surface area contributed by atoms with Gasteiger partial charge in [0.25, 0.3) is 0 Å². The number of halogens is 1. The molecule has 0 fully saturated rings. The third-order valence-electron chi connectivity index (χ3n) is 3.10. The maximum Gasteiger partial charge on any atom is 0.338 e. The van der Waals surface area contributed by atoms with Crippen LogP contribution in [-0.2, 0) is 21.2 Å². The molecule has 0 atom stereocenters. The van der Waals surface area contributed by atoms with Crippen molar-refractivity contribution >= 4 is 27.4 Å². The largest absolute Gasteiger partial charge is 0.496 e. The Hall–Kier alpha value is -2.05. The van der Waals surface area contributed by atoms with Crippen molar-refractivity contribution in [3.63, 3.8) is 0 Å². The molecule has 0 aromatic heterocycles. The first-order chi connectivity index (χ1) is 10.8. The summed E-state index contributed by atoms with van der Waals surface area (Å²) in [6.07, 6.45) is 1.08. The molecule has 0 unspecified atom stereocenters. The van der Waals surface area contributed by atoms with Gasteiger partial charge in [-0.05, 0) is 36.4 Å². The molecular formula is C16H15ClO5S. The summed E-state index contributed by atoms with van der Waals surface area (Å²) >= 11 is 5.91. The van der Waals surface area contributed by atoms with Gasteiger partial charge in [-0.25, -0.2) is 13.2 Å². The fraction of sp³-hybridized carbons (Fsp3) is 0.188. The van der Waals surface area contributed by atoms with Crippen molar-refractivity contribution in [2.45, 2.75) is 11.5 Å². The summed E-state index contributed by atoms with van der Waals surface area (Å²) in [6.45, 7) is -0.0360. The third-order valence-corrected chi connectivity index (χ3v) is 4.44. The lowest BCUT2D eigenvalue weighted by Crippen LogP contribution is -2.07. The summed E-state index contributed by atoms with van der Waals surface area (Å²) in [5.41, 5.74) is 0.779. The summed E-state index contributed by atoms with van der Waals surface area (Å²) in [5, 5.41) is 0.496. The fourth-order valence-corrected chi connectivity index (χ4v) is 2.80. The highest BCUT2D eigenvalue weighted by atomic mass is 35.5. The lowest BCUT2D eigenvalue weighted by molar-refractivity contribution is 0.0470. The van der Waals surface area contributed by atoms with E-state index in [2.05, 4.69) is 0 Å². The van der Waals surface area contributed by atoms with Crippen molar-refractivity contribution < 1.29 is 22.7 Å². The molecule has 7 heteroatoms. The monoisotopic (exact) mass is 354 g/mol. The summed E-state index contributed by atoms with van der Waals surface area (Å²) in [4.78, 5) is 12.2. The first-order valence-electron chi connectivity index (χ1n) is 6.61. The molecule has 0 radical (unpaired) electrons. The van der Waals surface area contributed by atoms with Gasteiger partial charge in [0, 0.05) is 16.8 Å². The normalized spacial score (nSPS) is 11.1. The zero-order valence-corrected chi connectivity index (χ0v) is 14.1. The minimum atomic E-state index is -3.39. The average molecular weight is 355 g/mol. The van der Waals surface area contributed by atoms with E-state index in [-0.39, 0.29) is 17.1 Å². The van der Waals surface area contributed by atoms with Crippen molar-refractivity contribution in [1.29, 1.82) is 0 Å². The molecule has 0 aliphatic rings. The number of hydrogen-bond donors (Lipinski definition) is 0. The molecule has 122 valence electrons. The molecule has 0 aliphatic carbocycles. The molecule has 0 spiro atoms. The predicted octanol–water partition coefficient (Wildman–Crippen LogP) is 3.11. The van der Waals surface area contributed by atoms with E-state index in [4.69, 9.17) is 21.1 Å². The van der Waals surface area contributed by atoms with Gasteiger partial charge in [-0.15, -0.1) is 0 Å². The van der Waals surface area contributed by atoms with E-state index in [1.807, 2.05) is 0 Å². The predicted molar refractivity (Wildman–Crippen MR) is 86.7 cm³/mol. The summed E-state index contributed by atoms with van der Waals surface area (Å²) in [6, 6.07) is 10.7. The number of rotatable bonds is 5. The Morgan fingerprint density at radius 3 is 2.57 bits per heavy atom. The van der Waals surface area contributed by atoms with E-state index in [1.54, 1.807) is 18.2 Å². The molecule has 0 bridgehead atoms. The number of carbonyl (C=O) groups excluding carboxylic acids is 1. The maximum atomic E-state index is 12.1. The summed E-state index contributed by atoms with van der Waals surface area (Å²) in [5.74, 6) is -0.0791. The van der Waals surface area contributed by atoms with Gasteiger partial charge in [0.2, 0.25) is 0 Å². The molecule has 0 saturated heterocycles. The smallest absolute Gasteiger partial charge is 0.338 e. The number of sulfone groups is 1. The van der Waals surface area contributed by atoms with E-state index >= 15 is 0 Å².